The molecular weight excluding hydrogens is 1030 g/mol. The Kier molecular flexibility index (Phi) is 15.9. The van der Waals surface area contributed by atoms with Crippen LogP contribution in [0.5, 0.6) is 0 Å². The summed E-state index contributed by atoms with van der Waals surface area (Å²) in [5, 5.41) is 0. The van der Waals surface area contributed by atoms with Crippen LogP contribution in [-0.4, -0.2) is 0 Å². The van der Waals surface area contributed by atoms with Gasteiger partial charge in [0, 0.05) is 81.6 Å². The first-order valence-corrected chi connectivity index (χ1v) is 28.8. The van der Waals surface area contributed by atoms with E-state index >= 15 is 0 Å². The van der Waals surface area contributed by atoms with Gasteiger partial charge in [0.1, 0.15) is 28.2 Å². The summed E-state index contributed by atoms with van der Waals surface area (Å²) < 4.78 is 77.6. The van der Waals surface area contributed by atoms with Crippen molar-refractivity contribution in [3.63, 3.8) is 0 Å². The molecule has 0 fully saturated rings. The summed E-state index contributed by atoms with van der Waals surface area (Å²) in [5.41, 5.74) is 25.6. The Morgan fingerprint density at radius 1 is 0.235 bits per heavy atom. The topological polar surface area (TPSA) is 15.5 Å². The van der Waals surface area contributed by atoms with Crippen molar-refractivity contribution in [2.45, 2.75) is 62.1 Å². The Bertz CT molecular complexity index is 4600. The van der Waals surface area contributed by atoms with E-state index in [1.807, 2.05) is 81.6 Å². The molecule has 12 rings (SSSR count). The number of nitrogens with zero attached hydrogens (tertiary/aromatic N) is 4. The average Bonchev–Trinajstić information content (AvgIpc) is 0.791. The van der Waals surface area contributed by atoms with Gasteiger partial charge in [-0.25, -0.2) is 18.3 Å². The van der Waals surface area contributed by atoms with E-state index in [0.717, 1.165) is 39.2 Å². The lowest BCUT2D eigenvalue weighted by Gasteiger charge is -2.10. The fourth-order valence-electron chi connectivity index (χ4n) is 11.0. The molecule has 0 atom stereocenters. The zero-order valence-electron chi connectivity index (χ0n) is 59.6. The Balaban J connectivity index is 0.000000149. The molecule has 0 bridgehead atoms. The van der Waals surface area contributed by atoms with Crippen molar-refractivity contribution in [3.05, 3.63) is 311 Å². The van der Waals surface area contributed by atoms with Gasteiger partial charge in [-0.2, -0.15) is 0 Å². The number of hydrogen-bond donors (Lipinski definition) is 0. The molecule has 0 saturated heterocycles. The Morgan fingerprint density at radius 2 is 0.600 bits per heavy atom. The summed E-state index contributed by atoms with van der Waals surface area (Å²) in [6.45, 7) is 5.93. The molecular formula is C81H82N4+4. The maximum atomic E-state index is 7.93. The second kappa shape index (κ2) is 27.6. The first-order chi connectivity index (χ1) is 44.7. The first kappa shape index (κ1) is 48.8. The largest absolute Gasteiger partial charge is 0.213 e. The van der Waals surface area contributed by atoms with Gasteiger partial charge in [0.15, 0.2) is 24.8 Å². The molecule has 0 saturated carbocycles. The number of aryl methyl sites for hydroxylation is 13. The molecule has 0 unspecified atom stereocenters. The van der Waals surface area contributed by atoms with Crippen molar-refractivity contribution >= 4 is 0 Å². The van der Waals surface area contributed by atoms with Crippen LogP contribution >= 0.6 is 0 Å². The summed E-state index contributed by atoms with van der Waals surface area (Å²) in [6, 6.07) is 79.3. The fourth-order valence-corrected chi connectivity index (χ4v) is 11.0. The zero-order chi connectivity index (χ0) is 67.6. The second-order valence-corrected chi connectivity index (χ2v) is 21.9. The van der Waals surface area contributed by atoms with Crippen LogP contribution in [0.2, 0.25) is 0 Å². The van der Waals surface area contributed by atoms with E-state index in [2.05, 4.69) is 220 Å². The van der Waals surface area contributed by atoms with Crippen LogP contribution in [0.1, 0.15) is 62.4 Å². The van der Waals surface area contributed by atoms with Gasteiger partial charge >= 0.3 is 0 Å². The predicted octanol–water partition coefficient (Wildman–Crippen LogP) is 18.2. The molecule has 0 radical (unpaired) electrons. The molecule has 4 heteroatoms. The van der Waals surface area contributed by atoms with Gasteiger partial charge in [-0.15, -0.1) is 0 Å². The smallest absolute Gasteiger partial charge is 0.201 e. The van der Waals surface area contributed by atoms with Crippen LogP contribution in [-0.2, 0) is 28.2 Å². The van der Waals surface area contributed by atoms with E-state index < -0.39 is 20.6 Å². The van der Waals surface area contributed by atoms with Crippen LogP contribution in [0.15, 0.2) is 261 Å². The zero-order valence-corrected chi connectivity index (χ0v) is 50.6. The maximum Gasteiger partial charge on any atom is 0.213 e. The van der Waals surface area contributed by atoms with Gasteiger partial charge in [-0.3, -0.25) is 0 Å². The van der Waals surface area contributed by atoms with E-state index in [0.29, 0.717) is 16.7 Å². The van der Waals surface area contributed by atoms with Crippen molar-refractivity contribution in [2.75, 3.05) is 0 Å². The van der Waals surface area contributed by atoms with Gasteiger partial charge in [0.2, 0.25) is 22.8 Å². The molecule has 4 heterocycles. The van der Waals surface area contributed by atoms with E-state index in [4.69, 9.17) is 12.3 Å². The van der Waals surface area contributed by atoms with E-state index in [1.165, 1.54) is 78.1 Å². The van der Waals surface area contributed by atoms with Crippen molar-refractivity contribution in [2.24, 2.45) is 28.2 Å². The van der Waals surface area contributed by atoms with Gasteiger partial charge in [-0.05, 0) is 165 Å². The molecule has 4 nitrogen and oxygen atoms in total. The molecule has 0 N–H and O–H groups in total. The Morgan fingerprint density at radius 3 is 1.01 bits per heavy atom. The third-order valence-corrected chi connectivity index (χ3v) is 15.5. The fraction of sp³-hybridized carbons (Fsp3) is 0.160. The molecule has 4 aromatic heterocycles. The summed E-state index contributed by atoms with van der Waals surface area (Å²) in [7, 11) is 8.01. The van der Waals surface area contributed by atoms with Crippen LogP contribution in [0.3, 0.4) is 0 Å². The molecule has 85 heavy (non-hydrogen) atoms. The van der Waals surface area contributed by atoms with Crippen molar-refractivity contribution in [1.29, 1.82) is 0 Å². The predicted molar refractivity (Wildman–Crippen MR) is 357 cm³/mol. The number of hydrogen-bond acceptors (Lipinski definition) is 0. The average molecular weight is 1120 g/mol. The lowest BCUT2D eigenvalue weighted by atomic mass is 9.97. The highest BCUT2D eigenvalue weighted by Gasteiger charge is 2.19. The van der Waals surface area contributed by atoms with Gasteiger partial charge < -0.3 is 0 Å². The first-order valence-electron chi connectivity index (χ1n) is 33.3. The third-order valence-electron chi connectivity index (χ3n) is 15.5. The SMILES string of the molecule is Cc1cc(-c2ccccc2)ccc1-c1cccc[n+]1C.Cc1ccc(-c2ccc(-c3ccccc3)cc2C)[n+](C)c1.[2H]C([2H])([2H])c1ccc(-c2cc(-c3ccccc3)c(C([2H])([2H])[2H])c[n+]2C)c(C)c1.[2H]C([2H])([2H])c1ccc(-c2cc(-c3ccccc3)c(C)c[n+]2C)c(C)c1. The summed E-state index contributed by atoms with van der Waals surface area (Å²) in [6.07, 6.45) is 8.01. The summed E-state index contributed by atoms with van der Waals surface area (Å²) in [5.74, 6) is 0. The third kappa shape index (κ3) is 14.8. The molecule has 8 aromatic carbocycles. The van der Waals surface area contributed by atoms with Crippen molar-refractivity contribution < 1.29 is 30.6 Å². The number of rotatable bonds is 8. The van der Waals surface area contributed by atoms with Crippen LogP contribution in [0.25, 0.3) is 89.5 Å². The molecule has 0 aliphatic heterocycles. The monoisotopic (exact) mass is 1120 g/mol. The van der Waals surface area contributed by atoms with Crippen LogP contribution in [0, 0.1) is 62.1 Å². The lowest BCUT2D eigenvalue weighted by Crippen LogP contribution is -2.31. The second-order valence-electron chi connectivity index (χ2n) is 21.9. The quantitative estimate of drug-likeness (QED) is 0.135. The molecule has 422 valence electrons. The highest BCUT2D eigenvalue weighted by molar-refractivity contribution is 5.75. The number of aromatic nitrogens is 4. The minimum Gasteiger partial charge on any atom is -0.201 e. The molecule has 0 amide bonds. The summed E-state index contributed by atoms with van der Waals surface area (Å²) >= 11 is 0. The van der Waals surface area contributed by atoms with Crippen LogP contribution in [0.4, 0.5) is 0 Å². The van der Waals surface area contributed by atoms with Gasteiger partial charge in [0.05, 0.1) is 0 Å². The van der Waals surface area contributed by atoms with Gasteiger partial charge in [-0.1, -0.05) is 181 Å². The Hall–Kier alpha value is -9.64. The molecule has 12 aromatic rings. The van der Waals surface area contributed by atoms with Gasteiger partial charge in [0.25, 0.3) is 0 Å². The lowest BCUT2D eigenvalue weighted by molar-refractivity contribution is -0.660. The normalized spacial score (nSPS) is 12.7. The Labute approximate surface area is 519 Å². The number of pyridine rings is 4. The minimum atomic E-state index is -2.25. The van der Waals surface area contributed by atoms with Crippen molar-refractivity contribution in [1.82, 2.24) is 0 Å². The van der Waals surface area contributed by atoms with Crippen LogP contribution < -0.4 is 18.3 Å². The highest BCUT2D eigenvalue weighted by atomic mass is 14.9. The molecule has 0 spiro atoms. The highest BCUT2D eigenvalue weighted by Crippen LogP contribution is 2.32. The minimum absolute atomic E-state index is 0.279. The van der Waals surface area contributed by atoms with Crippen molar-refractivity contribution in [3.8, 4) is 89.5 Å². The summed E-state index contributed by atoms with van der Waals surface area (Å²) in [4.78, 5) is 0. The van der Waals surface area contributed by atoms with E-state index in [-0.39, 0.29) is 5.56 Å². The molecule has 0 aliphatic carbocycles. The standard InChI is InChI=1S/2C21H22N.C20H20N.C19H18N/c2*1-15-10-11-19(16(2)12-15)21-13-20(17(3)14-22(21)4)18-8-6-5-7-9-18;1-15-9-12-20(21(3)14-15)19-11-10-18(13-16(19)2)17-7-5-4-6-8-17;1-15-14-17(16-8-4-3-5-9-16)11-12-18(15)19-10-6-7-13-20(19)2/h2*5-14H,1-4H3;4-14H,1-3H3;3-14H,1-2H3/q4*+1/i1D3,3D3;1D3;;. The number of benzene rings is 8. The van der Waals surface area contributed by atoms with E-state index in [9.17, 15) is 0 Å². The molecule has 0 aliphatic rings. The maximum absolute atomic E-state index is 7.93. The van der Waals surface area contributed by atoms with E-state index in [1.54, 1.807) is 48.1 Å².